The number of hydrogen-bond donors (Lipinski definition) is 0. The second-order valence-electron chi connectivity index (χ2n) is 5.25. The highest BCUT2D eigenvalue weighted by Gasteiger charge is 2.16. The maximum Gasteiger partial charge on any atom is 0.203 e. The molecular weight excluding hydrogens is 256 g/mol. The van der Waals surface area contributed by atoms with Crippen LogP contribution in [0.5, 0.6) is 0 Å². The number of hydrogen-bond acceptors (Lipinski definition) is 4. The van der Waals surface area contributed by atoms with Gasteiger partial charge in [-0.3, -0.25) is 4.79 Å². The molecule has 0 unspecified atom stereocenters. The summed E-state index contributed by atoms with van der Waals surface area (Å²) in [6, 6.07) is 0. The molecule has 3 nitrogen and oxygen atoms in total. The first-order valence-electron chi connectivity index (χ1n) is 7.26. The third kappa shape index (κ3) is 4.11. The minimum Gasteiger partial charge on any atom is -0.373 e. The van der Waals surface area contributed by atoms with Crippen LogP contribution >= 0.6 is 12.2 Å². The van der Waals surface area contributed by atoms with Crippen molar-refractivity contribution < 1.29 is 0 Å². The Bertz CT molecular complexity index is 457. The quantitative estimate of drug-likeness (QED) is 0.650. The van der Waals surface area contributed by atoms with Crippen molar-refractivity contribution in [1.82, 2.24) is 4.90 Å². The average Bonchev–Trinajstić information content (AvgIpc) is 2.39. The molecular formula is C15H26N2OS. The highest BCUT2D eigenvalue weighted by atomic mass is 32.1. The van der Waals surface area contributed by atoms with E-state index < -0.39 is 0 Å². The Labute approximate surface area is 121 Å². The second kappa shape index (κ2) is 7.75. The molecule has 0 aliphatic heterocycles. The Balaban J connectivity index is 2.40. The fraction of sp³-hybridized carbons (Fsp3) is 0.733. The maximum absolute atomic E-state index is 11.4. The summed E-state index contributed by atoms with van der Waals surface area (Å²) in [5.74, 6) is 0. The zero-order valence-corrected chi connectivity index (χ0v) is 13.5. The summed E-state index contributed by atoms with van der Waals surface area (Å²) < 4.78 is 0.513. The number of rotatable bonds is 9. The van der Waals surface area contributed by atoms with Crippen molar-refractivity contribution in [2.24, 2.45) is 0 Å². The zero-order chi connectivity index (χ0) is 14.4. The van der Waals surface area contributed by atoms with Crippen molar-refractivity contribution in [2.75, 3.05) is 38.1 Å². The van der Waals surface area contributed by atoms with Gasteiger partial charge >= 0.3 is 0 Å². The first-order valence-corrected chi connectivity index (χ1v) is 7.67. The summed E-state index contributed by atoms with van der Waals surface area (Å²) in [5.41, 5.74) is 1.86. The average molecular weight is 282 g/mol. The fourth-order valence-corrected chi connectivity index (χ4v) is 3.03. The Kier molecular flexibility index (Phi) is 6.66. The van der Waals surface area contributed by atoms with Crippen molar-refractivity contribution in [3.05, 3.63) is 20.3 Å². The molecule has 1 aromatic rings. The molecule has 0 saturated carbocycles. The maximum atomic E-state index is 11.4. The molecule has 0 atom stereocenters. The van der Waals surface area contributed by atoms with Gasteiger partial charge in [0, 0.05) is 19.2 Å². The van der Waals surface area contributed by atoms with E-state index in [4.69, 9.17) is 12.2 Å². The highest BCUT2D eigenvalue weighted by molar-refractivity contribution is 7.71. The van der Waals surface area contributed by atoms with Gasteiger partial charge in [-0.15, -0.1) is 0 Å². The van der Waals surface area contributed by atoms with E-state index >= 15 is 0 Å². The molecule has 0 saturated heterocycles. The van der Waals surface area contributed by atoms with Crippen molar-refractivity contribution in [1.29, 1.82) is 0 Å². The summed E-state index contributed by atoms with van der Waals surface area (Å²) in [6.45, 7) is 10.8. The fourth-order valence-electron chi connectivity index (χ4n) is 2.56. The van der Waals surface area contributed by atoms with Gasteiger partial charge in [-0.1, -0.05) is 26.1 Å². The van der Waals surface area contributed by atoms with Gasteiger partial charge in [-0.25, -0.2) is 0 Å². The van der Waals surface area contributed by atoms with Gasteiger partial charge in [-0.05, 0) is 45.8 Å². The largest absolute Gasteiger partial charge is 0.373 e. The Morgan fingerprint density at radius 1 is 1.05 bits per heavy atom. The van der Waals surface area contributed by atoms with Crippen LogP contribution in [0.15, 0.2) is 4.79 Å². The van der Waals surface area contributed by atoms with E-state index in [1.54, 1.807) is 0 Å². The molecule has 0 N–H and O–H groups in total. The number of anilines is 1. The van der Waals surface area contributed by atoms with E-state index in [1.807, 2.05) is 14.0 Å². The van der Waals surface area contributed by atoms with Crippen molar-refractivity contribution in [3.63, 3.8) is 0 Å². The van der Waals surface area contributed by atoms with E-state index in [0.29, 0.717) is 4.51 Å². The predicted octanol–water partition coefficient (Wildman–Crippen LogP) is 2.91. The van der Waals surface area contributed by atoms with Gasteiger partial charge in [0.15, 0.2) is 0 Å². The van der Waals surface area contributed by atoms with Crippen LogP contribution in [0.2, 0.25) is 0 Å². The molecule has 0 spiro atoms. The molecule has 0 aliphatic carbocycles. The number of nitrogens with zero attached hydrogens (tertiary/aromatic N) is 2. The third-order valence-corrected chi connectivity index (χ3v) is 3.93. The minimum atomic E-state index is 0.0513. The van der Waals surface area contributed by atoms with Gasteiger partial charge in [0.2, 0.25) is 5.43 Å². The van der Waals surface area contributed by atoms with Crippen LogP contribution in [-0.2, 0) is 0 Å². The van der Waals surface area contributed by atoms with Crippen LogP contribution in [0.4, 0.5) is 5.69 Å². The molecule has 1 aromatic carbocycles. The molecule has 0 radical (unpaired) electrons. The molecule has 0 aliphatic rings. The van der Waals surface area contributed by atoms with Gasteiger partial charge < -0.3 is 9.80 Å². The van der Waals surface area contributed by atoms with Crippen LogP contribution in [0.3, 0.4) is 0 Å². The molecule has 0 aromatic heterocycles. The Morgan fingerprint density at radius 3 is 2.11 bits per heavy atom. The van der Waals surface area contributed by atoms with Gasteiger partial charge in [0.1, 0.15) is 4.51 Å². The topological polar surface area (TPSA) is 23.6 Å². The van der Waals surface area contributed by atoms with E-state index in [1.165, 1.54) is 25.9 Å². The van der Waals surface area contributed by atoms with Crippen molar-refractivity contribution in [2.45, 2.75) is 40.0 Å². The van der Waals surface area contributed by atoms with Crippen molar-refractivity contribution in [3.8, 4) is 0 Å². The van der Waals surface area contributed by atoms with Crippen LogP contribution < -0.4 is 10.3 Å². The van der Waals surface area contributed by atoms with Gasteiger partial charge in [0.25, 0.3) is 0 Å². The highest BCUT2D eigenvalue weighted by Crippen LogP contribution is 2.20. The zero-order valence-electron chi connectivity index (χ0n) is 12.7. The first kappa shape index (κ1) is 16.3. The van der Waals surface area contributed by atoms with E-state index in [9.17, 15) is 4.79 Å². The molecule has 19 heavy (non-hydrogen) atoms. The lowest BCUT2D eigenvalue weighted by Gasteiger charge is -2.26. The van der Waals surface area contributed by atoms with E-state index in [-0.39, 0.29) is 5.43 Å². The monoisotopic (exact) mass is 282 g/mol. The van der Waals surface area contributed by atoms with E-state index in [2.05, 4.69) is 23.6 Å². The standard InChI is InChI=1S/C15H26N2OS/c1-5-8-17(9-6-2)11-7-10-16(4)13-12(3)14(18)15(13)19/h5-11H2,1-4H3. The van der Waals surface area contributed by atoms with Crippen LogP contribution in [-0.4, -0.2) is 38.1 Å². The summed E-state index contributed by atoms with van der Waals surface area (Å²) in [4.78, 5) is 16.0. The van der Waals surface area contributed by atoms with Crippen LogP contribution in [0, 0.1) is 11.4 Å². The summed E-state index contributed by atoms with van der Waals surface area (Å²) in [5, 5.41) is 0. The smallest absolute Gasteiger partial charge is 0.203 e. The normalized spacial score (nSPS) is 11.4. The molecule has 108 valence electrons. The summed E-state index contributed by atoms with van der Waals surface area (Å²) in [7, 11) is 2.03. The first-order chi connectivity index (χ1) is 9.02. The molecule has 4 heteroatoms. The predicted molar refractivity (Wildman–Crippen MR) is 85.6 cm³/mol. The lowest BCUT2D eigenvalue weighted by atomic mass is 10.1. The lowest BCUT2D eigenvalue weighted by molar-refractivity contribution is 0.272. The SMILES string of the molecule is CCCN(CCC)CCCN(C)c1c(C)c(=O)c1=S. The van der Waals surface area contributed by atoms with Crippen LogP contribution in [0.25, 0.3) is 0 Å². The van der Waals surface area contributed by atoms with Gasteiger partial charge in [-0.2, -0.15) is 0 Å². The molecule has 0 amide bonds. The second-order valence-corrected chi connectivity index (χ2v) is 5.66. The van der Waals surface area contributed by atoms with Gasteiger partial charge in [0.05, 0.1) is 5.69 Å². The molecule has 0 bridgehead atoms. The molecule has 0 fully saturated rings. The molecule has 0 heterocycles. The molecule has 1 rings (SSSR count). The lowest BCUT2D eigenvalue weighted by Crippen LogP contribution is -2.32. The summed E-state index contributed by atoms with van der Waals surface area (Å²) >= 11 is 5.11. The Hall–Kier alpha value is -0.740. The third-order valence-electron chi connectivity index (χ3n) is 3.55. The minimum absolute atomic E-state index is 0.0513. The van der Waals surface area contributed by atoms with E-state index in [0.717, 1.165) is 30.8 Å². The van der Waals surface area contributed by atoms with Crippen molar-refractivity contribution >= 4 is 17.9 Å². The Morgan fingerprint density at radius 2 is 1.63 bits per heavy atom. The summed E-state index contributed by atoms with van der Waals surface area (Å²) in [6.07, 6.45) is 3.53. The van der Waals surface area contributed by atoms with Crippen LogP contribution in [0.1, 0.15) is 38.7 Å².